The first-order chi connectivity index (χ1) is 13.3. The average Bonchev–Trinajstić information content (AvgIpc) is 2.68. The molecule has 28 heavy (non-hydrogen) atoms. The van der Waals surface area contributed by atoms with Crippen LogP contribution < -0.4 is 5.32 Å². The summed E-state index contributed by atoms with van der Waals surface area (Å²) in [5, 5.41) is 2.88. The highest BCUT2D eigenvalue weighted by Crippen LogP contribution is 2.28. The lowest BCUT2D eigenvalue weighted by atomic mass is 9.83. The number of aryl methyl sites for hydroxylation is 1. The molecule has 1 aliphatic carbocycles. The molecule has 5 heteroatoms. The minimum absolute atomic E-state index is 0.0376. The van der Waals surface area contributed by atoms with E-state index in [-0.39, 0.29) is 29.9 Å². The summed E-state index contributed by atoms with van der Waals surface area (Å²) in [4.78, 5) is 42.5. The first-order valence-corrected chi connectivity index (χ1v) is 9.51. The smallest absolute Gasteiger partial charge is 0.253 e. The number of aromatic nitrogens is 1. The van der Waals surface area contributed by atoms with Crippen molar-refractivity contribution < 1.29 is 14.4 Å². The van der Waals surface area contributed by atoms with Gasteiger partial charge in [0.15, 0.2) is 11.6 Å². The fourth-order valence-electron chi connectivity index (χ4n) is 3.41. The molecule has 1 heterocycles. The van der Waals surface area contributed by atoms with E-state index in [1.165, 1.54) is 0 Å². The number of amides is 1. The summed E-state index contributed by atoms with van der Waals surface area (Å²) >= 11 is 0. The standard InChI is InChI=1S/C23H24N2O3/c1-5-20-18(23(28)24-13(2)3)11-10-15(25-20)12-19-14(4)21(26)16-8-6-7-9-17(16)22(19)27/h6-11,13H,5,12H2,1-4H3,(H,24,28). The number of carbonyl (C=O) groups is 3. The highest BCUT2D eigenvalue weighted by Gasteiger charge is 2.29. The van der Waals surface area contributed by atoms with Gasteiger partial charge in [-0.05, 0) is 39.3 Å². The fourth-order valence-corrected chi connectivity index (χ4v) is 3.41. The van der Waals surface area contributed by atoms with Gasteiger partial charge < -0.3 is 5.32 Å². The Morgan fingerprint density at radius 1 is 1.04 bits per heavy atom. The number of nitrogens with one attached hydrogen (secondary N) is 1. The van der Waals surface area contributed by atoms with E-state index in [1.54, 1.807) is 43.3 Å². The van der Waals surface area contributed by atoms with Crippen LogP contribution in [0.2, 0.25) is 0 Å². The molecule has 2 aromatic rings. The summed E-state index contributed by atoms with van der Waals surface area (Å²) in [7, 11) is 0. The lowest BCUT2D eigenvalue weighted by molar-refractivity contribution is 0.0940. The molecule has 5 nitrogen and oxygen atoms in total. The number of Topliss-reactive ketones (excluding diaryl/α,β-unsaturated/α-hetero) is 2. The zero-order valence-electron chi connectivity index (χ0n) is 16.6. The number of rotatable bonds is 5. The van der Waals surface area contributed by atoms with Gasteiger partial charge in [-0.15, -0.1) is 0 Å². The molecule has 1 amide bonds. The molecule has 0 spiro atoms. The molecule has 3 rings (SSSR count). The second-order valence-electron chi connectivity index (χ2n) is 7.26. The van der Waals surface area contributed by atoms with E-state index >= 15 is 0 Å². The van der Waals surface area contributed by atoms with Crippen molar-refractivity contribution in [3.63, 3.8) is 0 Å². The van der Waals surface area contributed by atoms with Crippen LogP contribution in [0.5, 0.6) is 0 Å². The molecule has 0 saturated carbocycles. The first kappa shape index (κ1) is 19.7. The normalized spacial score (nSPS) is 13.8. The van der Waals surface area contributed by atoms with E-state index < -0.39 is 0 Å². The quantitative estimate of drug-likeness (QED) is 0.863. The van der Waals surface area contributed by atoms with Crippen LogP contribution in [-0.4, -0.2) is 28.5 Å². The van der Waals surface area contributed by atoms with E-state index in [0.29, 0.717) is 45.6 Å². The predicted molar refractivity (Wildman–Crippen MR) is 108 cm³/mol. The van der Waals surface area contributed by atoms with Gasteiger partial charge in [0.25, 0.3) is 5.91 Å². The molecular formula is C23H24N2O3. The summed E-state index contributed by atoms with van der Waals surface area (Å²) in [6.07, 6.45) is 0.867. The Morgan fingerprint density at radius 2 is 1.68 bits per heavy atom. The van der Waals surface area contributed by atoms with Crippen LogP contribution in [0.15, 0.2) is 47.5 Å². The number of pyridine rings is 1. The third-order valence-corrected chi connectivity index (χ3v) is 4.87. The maximum atomic E-state index is 12.9. The molecule has 144 valence electrons. The third-order valence-electron chi connectivity index (χ3n) is 4.87. The maximum absolute atomic E-state index is 12.9. The van der Waals surface area contributed by atoms with Crippen LogP contribution in [0.25, 0.3) is 0 Å². The van der Waals surface area contributed by atoms with Crippen LogP contribution in [0.4, 0.5) is 0 Å². The lowest BCUT2D eigenvalue weighted by Crippen LogP contribution is -2.31. The fraction of sp³-hybridized carbons (Fsp3) is 0.304. The summed E-state index contributed by atoms with van der Waals surface area (Å²) in [5.74, 6) is -0.401. The van der Waals surface area contributed by atoms with E-state index in [2.05, 4.69) is 10.3 Å². The van der Waals surface area contributed by atoms with E-state index in [9.17, 15) is 14.4 Å². The SMILES string of the molecule is CCc1nc(CC2=C(C)C(=O)c3ccccc3C2=O)ccc1C(=O)NC(C)C. The van der Waals surface area contributed by atoms with Gasteiger partial charge in [0.2, 0.25) is 0 Å². The number of ketones is 2. The molecule has 0 radical (unpaired) electrons. The average molecular weight is 376 g/mol. The summed E-state index contributed by atoms with van der Waals surface area (Å²) in [5.41, 5.74) is 3.73. The molecule has 0 aliphatic heterocycles. The van der Waals surface area contributed by atoms with Gasteiger partial charge in [-0.2, -0.15) is 0 Å². The van der Waals surface area contributed by atoms with Crippen molar-refractivity contribution in [1.29, 1.82) is 0 Å². The number of nitrogens with zero attached hydrogens (tertiary/aromatic N) is 1. The van der Waals surface area contributed by atoms with Crippen molar-refractivity contribution in [3.05, 3.63) is 75.6 Å². The molecule has 1 aromatic carbocycles. The number of fused-ring (bicyclic) bond motifs is 1. The Bertz CT molecular complexity index is 1000. The van der Waals surface area contributed by atoms with Gasteiger partial charge in [0.05, 0.1) is 11.3 Å². The highest BCUT2D eigenvalue weighted by molar-refractivity contribution is 6.26. The monoisotopic (exact) mass is 376 g/mol. The van der Waals surface area contributed by atoms with Gasteiger partial charge in [0.1, 0.15) is 0 Å². The van der Waals surface area contributed by atoms with Crippen molar-refractivity contribution in [1.82, 2.24) is 10.3 Å². The van der Waals surface area contributed by atoms with Crippen molar-refractivity contribution in [2.24, 2.45) is 0 Å². The van der Waals surface area contributed by atoms with Gasteiger partial charge in [-0.25, -0.2) is 0 Å². The van der Waals surface area contributed by atoms with Crippen molar-refractivity contribution in [2.45, 2.75) is 46.6 Å². The largest absolute Gasteiger partial charge is 0.350 e. The molecule has 0 unspecified atom stereocenters. The zero-order chi connectivity index (χ0) is 20.4. The summed E-state index contributed by atoms with van der Waals surface area (Å²) < 4.78 is 0. The molecule has 0 saturated heterocycles. The molecule has 1 aromatic heterocycles. The minimum Gasteiger partial charge on any atom is -0.350 e. The number of allylic oxidation sites excluding steroid dienone is 2. The Hall–Kier alpha value is -3.08. The number of hydrogen-bond donors (Lipinski definition) is 1. The second kappa shape index (κ2) is 7.89. The van der Waals surface area contributed by atoms with Gasteiger partial charge >= 0.3 is 0 Å². The number of hydrogen-bond acceptors (Lipinski definition) is 4. The lowest BCUT2D eigenvalue weighted by Gasteiger charge is -2.19. The maximum Gasteiger partial charge on any atom is 0.253 e. The summed E-state index contributed by atoms with van der Waals surface area (Å²) in [6, 6.07) is 10.4. The van der Waals surface area contributed by atoms with Crippen LogP contribution in [0.3, 0.4) is 0 Å². The molecule has 1 aliphatic rings. The highest BCUT2D eigenvalue weighted by atomic mass is 16.2. The molecule has 0 fully saturated rings. The Kier molecular flexibility index (Phi) is 5.54. The number of carbonyl (C=O) groups excluding carboxylic acids is 3. The second-order valence-corrected chi connectivity index (χ2v) is 7.26. The van der Waals surface area contributed by atoms with E-state index in [1.807, 2.05) is 20.8 Å². The number of benzene rings is 1. The van der Waals surface area contributed by atoms with Crippen LogP contribution >= 0.6 is 0 Å². The van der Waals surface area contributed by atoms with Gasteiger partial charge in [-0.1, -0.05) is 31.2 Å². The Balaban J connectivity index is 1.94. The van der Waals surface area contributed by atoms with Crippen LogP contribution in [-0.2, 0) is 12.8 Å². The topological polar surface area (TPSA) is 76.1 Å². The molecule has 0 atom stereocenters. The van der Waals surface area contributed by atoms with Gasteiger partial charge in [0, 0.05) is 40.4 Å². The third kappa shape index (κ3) is 3.65. The predicted octanol–water partition coefficient (Wildman–Crippen LogP) is 3.72. The summed E-state index contributed by atoms with van der Waals surface area (Å²) in [6.45, 7) is 7.44. The van der Waals surface area contributed by atoms with Crippen molar-refractivity contribution in [2.75, 3.05) is 0 Å². The Labute approximate surface area is 164 Å². The van der Waals surface area contributed by atoms with Gasteiger partial charge in [-0.3, -0.25) is 19.4 Å². The van der Waals surface area contributed by atoms with E-state index in [4.69, 9.17) is 0 Å². The molecule has 0 bridgehead atoms. The van der Waals surface area contributed by atoms with E-state index in [0.717, 1.165) is 0 Å². The minimum atomic E-state index is -0.154. The Morgan fingerprint density at radius 3 is 2.29 bits per heavy atom. The molecule has 1 N–H and O–H groups in total. The van der Waals surface area contributed by atoms with Crippen LogP contribution in [0, 0.1) is 0 Å². The molecular weight excluding hydrogens is 352 g/mol. The van der Waals surface area contributed by atoms with Crippen LogP contribution in [0.1, 0.15) is 70.2 Å². The zero-order valence-corrected chi connectivity index (χ0v) is 16.6. The first-order valence-electron chi connectivity index (χ1n) is 9.51. The van der Waals surface area contributed by atoms with Crippen molar-refractivity contribution in [3.8, 4) is 0 Å². The van der Waals surface area contributed by atoms with Crippen molar-refractivity contribution >= 4 is 17.5 Å².